The lowest BCUT2D eigenvalue weighted by molar-refractivity contribution is -0.114. The van der Waals surface area contributed by atoms with Crippen LogP contribution >= 0.6 is 23.2 Å². The van der Waals surface area contributed by atoms with Gasteiger partial charge in [0.05, 0.1) is 15.5 Å². The second-order valence-electron chi connectivity index (χ2n) is 8.49. The Bertz CT molecular complexity index is 1680. The van der Waals surface area contributed by atoms with Crippen LogP contribution in [0, 0.1) is 6.92 Å². The molecular weight excluding hydrogens is 581 g/mol. The number of aryl methyl sites for hydroxylation is 1. The topological polar surface area (TPSA) is 113 Å². The maximum atomic E-state index is 13.5. The average molecular weight is 605 g/mol. The molecule has 0 bridgehead atoms. The summed E-state index contributed by atoms with van der Waals surface area (Å²) in [5.74, 6) is -0.622. The van der Waals surface area contributed by atoms with Crippen molar-refractivity contribution in [2.24, 2.45) is 0 Å². The largest absolute Gasteiger partial charge is 0.325 e. The molecule has 1 amide bonds. The van der Waals surface area contributed by atoms with E-state index < -0.39 is 32.5 Å². The summed E-state index contributed by atoms with van der Waals surface area (Å²) >= 11 is 11.8. The minimum absolute atomic E-state index is 0.0250. The molecule has 0 aromatic heterocycles. The number of hydrogen-bond acceptors (Lipinski definition) is 5. The second kappa shape index (κ2) is 11.7. The van der Waals surface area contributed by atoms with E-state index in [1.54, 1.807) is 36.4 Å². The van der Waals surface area contributed by atoms with Crippen LogP contribution in [0.3, 0.4) is 0 Å². The maximum Gasteiger partial charge on any atom is 0.264 e. The van der Waals surface area contributed by atoms with Gasteiger partial charge in [-0.25, -0.2) is 16.8 Å². The molecule has 0 fully saturated rings. The monoisotopic (exact) mass is 603 g/mol. The number of amides is 1. The molecule has 0 saturated heterocycles. The van der Waals surface area contributed by atoms with Crippen LogP contribution in [0.1, 0.15) is 5.56 Å². The number of carbonyl (C=O) groups excluding carboxylic acids is 1. The zero-order chi connectivity index (χ0) is 28.2. The first-order valence-electron chi connectivity index (χ1n) is 11.5. The number of hydrogen-bond donors (Lipinski definition) is 2. The smallest absolute Gasteiger partial charge is 0.264 e. The van der Waals surface area contributed by atoms with Crippen LogP contribution in [0.4, 0.5) is 17.1 Å². The molecule has 0 radical (unpaired) electrons. The summed E-state index contributed by atoms with van der Waals surface area (Å²) in [7, 11) is -8.00. The summed E-state index contributed by atoms with van der Waals surface area (Å²) in [4.78, 5) is 12.9. The van der Waals surface area contributed by atoms with E-state index in [0.29, 0.717) is 21.4 Å². The van der Waals surface area contributed by atoms with Gasteiger partial charge in [-0.15, -0.1) is 0 Å². The van der Waals surface area contributed by atoms with Gasteiger partial charge in [0.25, 0.3) is 20.0 Å². The summed E-state index contributed by atoms with van der Waals surface area (Å²) in [6, 6.07) is 24.1. The highest BCUT2D eigenvalue weighted by Gasteiger charge is 2.27. The third-order valence-corrected chi connectivity index (χ3v) is 9.24. The highest BCUT2D eigenvalue weighted by Crippen LogP contribution is 2.26. The molecule has 39 heavy (non-hydrogen) atoms. The fourth-order valence-corrected chi connectivity index (χ4v) is 6.27. The molecule has 0 aliphatic rings. The first-order chi connectivity index (χ1) is 18.4. The van der Waals surface area contributed by atoms with Gasteiger partial charge in [-0.2, -0.15) is 0 Å². The number of nitrogens with one attached hydrogen (secondary N) is 2. The lowest BCUT2D eigenvalue weighted by Crippen LogP contribution is -2.38. The highest BCUT2D eigenvalue weighted by molar-refractivity contribution is 7.93. The van der Waals surface area contributed by atoms with Crippen LogP contribution in [-0.2, 0) is 24.8 Å². The fourth-order valence-electron chi connectivity index (χ4n) is 3.54. The number of benzene rings is 4. The molecule has 12 heteroatoms. The summed E-state index contributed by atoms with van der Waals surface area (Å²) in [6.07, 6.45) is 0. The van der Waals surface area contributed by atoms with E-state index >= 15 is 0 Å². The zero-order valence-electron chi connectivity index (χ0n) is 20.5. The van der Waals surface area contributed by atoms with Crippen molar-refractivity contribution in [3.63, 3.8) is 0 Å². The minimum Gasteiger partial charge on any atom is -0.325 e. The SMILES string of the molecule is Cc1ccc(N(CC(=O)Nc2ccc(S(=O)(=O)Nc3ccc(Cl)cc3)cc2)S(=O)(=O)c2ccc(Cl)cc2)cc1. The van der Waals surface area contributed by atoms with E-state index in [1.165, 1.54) is 60.7 Å². The van der Waals surface area contributed by atoms with Crippen molar-refractivity contribution in [1.29, 1.82) is 0 Å². The molecule has 202 valence electrons. The van der Waals surface area contributed by atoms with E-state index in [-0.39, 0.29) is 15.5 Å². The molecule has 0 aliphatic heterocycles. The molecule has 0 spiro atoms. The van der Waals surface area contributed by atoms with Crippen LogP contribution in [0.5, 0.6) is 0 Å². The predicted octanol–water partition coefficient (Wildman–Crippen LogP) is 5.94. The number of anilines is 3. The van der Waals surface area contributed by atoms with Gasteiger partial charge >= 0.3 is 0 Å². The number of carbonyl (C=O) groups is 1. The van der Waals surface area contributed by atoms with E-state index in [1.807, 2.05) is 6.92 Å². The first-order valence-corrected chi connectivity index (χ1v) is 15.2. The van der Waals surface area contributed by atoms with Crippen molar-refractivity contribution in [3.8, 4) is 0 Å². The summed E-state index contributed by atoms with van der Waals surface area (Å²) in [5, 5.41) is 3.47. The molecule has 0 heterocycles. The van der Waals surface area contributed by atoms with Gasteiger partial charge in [-0.3, -0.25) is 13.8 Å². The number of rotatable bonds is 9. The number of nitrogens with zero attached hydrogens (tertiary/aromatic N) is 1. The zero-order valence-corrected chi connectivity index (χ0v) is 23.7. The third kappa shape index (κ3) is 7.10. The normalized spacial score (nSPS) is 11.6. The molecule has 4 aromatic carbocycles. The molecule has 0 atom stereocenters. The van der Waals surface area contributed by atoms with Crippen molar-refractivity contribution in [2.75, 3.05) is 20.9 Å². The summed E-state index contributed by atoms with van der Waals surface area (Å²) in [6.45, 7) is 1.34. The fraction of sp³-hybridized carbons (Fsp3) is 0.0741. The second-order valence-corrected chi connectivity index (χ2v) is 12.9. The highest BCUT2D eigenvalue weighted by atomic mass is 35.5. The first kappa shape index (κ1) is 28.4. The molecule has 2 N–H and O–H groups in total. The summed E-state index contributed by atoms with van der Waals surface area (Å²) < 4.78 is 55.8. The van der Waals surface area contributed by atoms with E-state index in [4.69, 9.17) is 23.2 Å². The van der Waals surface area contributed by atoms with E-state index in [0.717, 1.165) is 9.87 Å². The molecule has 4 aromatic rings. The third-order valence-electron chi connectivity index (χ3n) is 5.56. The molecule has 8 nitrogen and oxygen atoms in total. The van der Waals surface area contributed by atoms with Gasteiger partial charge in [0.1, 0.15) is 6.54 Å². The Balaban J connectivity index is 1.52. The van der Waals surface area contributed by atoms with Gasteiger partial charge in [-0.05, 0) is 91.9 Å². The van der Waals surface area contributed by atoms with Crippen LogP contribution in [0.2, 0.25) is 10.0 Å². The quantitative estimate of drug-likeness (QED) is 0.246. The van der Waals surface area contributed by atoms with Gasteiger partial charge in [-0.1, -0.05) is 40.9 Å². The van der Waals surface area contributed by atoms with Crippen molar-refractivity contribution >= 4 is 66.2 Å². The lowest BCUT2D eigenvalue weighted by atomic mass is 10.2. The van der Waals surface area contributed by atoms with E-state index in [9.17, 15) is 21.6 Å². The Labute approximate surface area is 237 Å². The Kier molecular flexibility index (Phi) is 8.51. The maximum absolute atomic E-state index is 13.5. The van der Waals surface area contributed by atoms with E-state index in [2.05, 4.69) is 10.0 Å². The van der Waals surface area contributed by atoms with Crippen LogP contribution in [0.15, 0.2) is 107 Å². The van der Waals surface area contributed by atoms with Crippen molar-refractivity contribution in [1.82, 2.24) is 0 Å². The molecule has 0 saturated carbocycles. The molecule has 0 aliphatic carbocycles. The number of halogens is 2. The Morgan fingerprint density at radius 3 is 1.74 bits per heavy atom. The van der Waals surface area contributed by atoms with Gasteiger partial charge < -0.3 is 5.32 Å². The van der Waals surface area contributed by atoms with Crippen LogP contribution in [-0.4, -0.2) is 29.3 Å². The number of sulfonamides is 2. The predicted molar refractivity (Wildman–Crippen MR) is 154 cm³/mol. The van der Waals surface area contributed by atoms with Crippen LogP contribution < -0.4 is 14.3 Å². The Morgan fingerprint density at radius 1 is 0.692 bits per heavy atom. The van der Waals surface area contributed by atoms with Gasteiger partial charge in [0.2, 0.25) is 5.91 Å². The van der Waals surface area contributed by atoms with Gasteiger partial charge in [0.15, 0.2) is 0 Å². The molecular formula is C27H23Cl2N3O5S2. The lowest BCUT2D eigenvalue weighted by Gasteiger charge is -2.24. The summed E-state index contributed by atoms with van der Waals surface area (Å²) in [5.41, 5.74) is 1.86. The minimum atomic E-state index is -4.11. The van der Waals surface area contributed by atoms with Crippen molar-refractivity contribution in [2.45, 2.75) is 16.7 Å². The van der Waals surface area contributed by atoms with Crippen molar-refractivity contribution < 1.29 is 21.6 Å². The molecule has 4 rings (SSSR count). The van der Waals surface area contributed by atoms with Crippen LogP contribution in [0.25, 0.3) is 0 Å². The average Bonchev–Trinajstić information content (AvgIpc) is 2.90. The molecule has 0 unspecified atom stereocenters. The standard InChI is InChI=1S/C27H23Cl2N3O5S2/c1-19-2-12-24(13-3-19)32(39(36,37)26-14-6-21(29)7-15-26)18-27(33)30-22-10-16-25(17-11-22)38(34,35)31-23-8-4-20(28)5-9-23/h2-17,31H,18H2,1H3,(H,30,33). The Hall–Kier alpha value is -3.57. The van der Waals surface area contributed by atoms with Gasteiger partial charge in [0, 0.05) is 21.4 Å². The Morgan fingerprint density at radius 2 is 1.18 bits per heavy atom. The van der Waals surface area contributed by atoms with Crippen molar-refractivity contribution in [3.05, 3.63) is 113 Å².